The summed E-state index contributed by atoms with van der Waals surface area (Å²) in [6.07, 6.45) is -8.22. The second-order valence-corrected chi connectivity index (χ2v) is 9.98. The zero-order valence-corrected chi connectivity index (χ0v) is 22.8. The fraction of sp³-hybridized carbons (Fsp3) is 0.235. The maximum absolute atomic E-state index is 13.3. The molecule has 0 saturated heterocycles. The van der Waals surface area contributed by atoms with E-state index in [1.54, 1.807) is 60.7 Å². The molecule has 216 valence electrons. The molecule has 5 rings (SSSR count). The number of benzene rings is 4. The van der Waals surface area contributed by atoms with E-state index in [9.17, 15) is 19.8 Å². The molecule has 1 aliphatic carbocycles. The van der Waals surface area contributed by atoms with Gasteiger partial charge in [-0.1, -0.05) is 97.1 Å². The van der Waals surface area contributed by atoms with Crippen LogP contribution in [-0.4, -0.2) is 58.8 Å². The zero-order valence-electron chi connectivity index (χ0n) is 22.8. The zero-order chi connectivity index (χ0) is 29.3. The van der Waals surface area contributed by atoms with E-state index in [1.165, 1.54) is 0 Å². The predicted molar refractivity (Wildman–Crippen MR) is 153 cm³/mol. The van der Waals surface area contributed by atoms with Crippen LogP contribution >= 0.6 is 0 Å². The number of hydrogen-bond donors (Lipinski definition) is 2. The molecule has 0 amide bonds. The minimum atomic E-state index is -1.53. The van der Waals surface area contributed by atoms with Gasteiger partial charge in [-0.05, 0) is 35.4 Å². The van der Waals surface area contributed by atoms with Crippen molar-refractivity contribution in [3.05, 3.63) is 144 Å². The van der Waals surface area contributed by atoms with E-state index in [4.69, 9.17) is 18.9 Å². The van der Waals surface area contributed by atoms with E-state index in [0.717, 1.165) is 11.1 Å². The van der Waals surface area contributed by atoms with Crippen LogP contribution in [0.4, 0.5) is 0 Å². The highest BCUT2D eigenvalue weighted by molar-refractivity contribution is 5.90. The first kappa shape index (κ1) is 29.2. The predicted octanol–water partition coefficient (Wildman–Crippen LogP) is 4.34. The number of aliphatic hydroxyl groups is 2. The fourth-order valence-electron chi connectivity index (χ4n) is 4.87. The topological polar surface area (TPSA) is 112 Å². The van der Waals surface area contributed by atoms with Gasteiger partial charge in [-0.3, -0.25) is 0 Å². The summed E-state index contributed by atoms with van der Waals surface area (Å²) in [5.41, 5.74) is 2.12. The summed E-state index contributed by atoms with van der Waals surface area (Å²) in [6, 6.07) is 35.1. The Hall–Kier alpha value is -4.34. The maximum atomic E-state index is 13.3. The van der Waals surface area contributed by atoms with E-state index in [2.05, 4.69) is 0 Å². The summed E-state index contributed by atoms with van der Waals surface area (Å²) in [7, 11) is 0. The first-order chi connectivity index (χ1) is 20.5. The Morgan fingerprint density at radius 3 is 1.12 bits per heavy atom. The monoisotopic (exact) mass is 568 g/mol. The Kier molecular flexibility index (Phi) is 9.74. The lowest BCUT2D eigenvalue weighted by atomic mass is 9.84. The number of carbonyl (C=O) groups excluding carboxylic acids is 2. The van der Waals surface area contributed by atoms with Gasteiger partial charge in [-0.25, -0.2) is 9.59 Å². The normalized spacial score (nSPS) is 23.6. The third-order valence-corrected chi connectivity index (χ3v) is 7.07. The molecule has 6 atom stereocenters. The van der Waals surface area contributed by atoms with Gasteiger partial charge >= 0.3 is 11.9 Å². The van der Waals surface area contributed by atoms with E-state index in [1.807, 2.05) is 60.7 Å². The van der Waals surface area contributed by atoms with Crippen LogP contribution in [-0.2, 0) is 32.2 Å². The molecule has 42 heavy (non-hydrogen) atoms. The summed E-state index contributed by atoms with van der Waals surface area (Å²) >= 11 is 0. The quantitative estimate of drug-likeness (QED) is 0.272. The molecule has 8 nitrogen and oxygen atoms in total. The Morgan fingerprint density at radius 1 is 0.476 bits per heavy atom. The van der Waals surface area contributed by atoms with Crippen molar-refractivity contribution in [3.8, 4) is 0 Å². The van der Waals surface area contributed by atoms with Gasteiger partial charge in [-0.15, -0.1) is 0 Å². The largest absolute Gasteiger partial charge is 0.452 e. The molecule has 4 aromatic carbocycles. The fourth-order valence-corrected chi connectivity index (χ4v) is 4.87. The molecule has 1 saturated carbocycles. The summed E-state index contributed by atoms with van der Waals surface area (Å²) in [5.74, 6) is -1.42. The highest BCUT2D eigenvalue weighted by Gasteiger charge is 2.55. The number of aliphatic hydroxyl groups excluding tert-OH is 2. The molecule has 1 fully saturated rings. The third kappa shape index (κ3) is 7.10. The molecule has 0 heterocycles. The lowest BCUT2D eigenvalue weighted by molar-refractivity contribution is -0.249. The molecule has 2 N–H and O–H groups in total. The van der Waals surface area contributed by atoms with Gasteiger partial charge in [-0.2, -0.15) is 0 Å². The van der Waals surface area contributed by atoms with Crippen molar-refractivity contribution >= 4 is 11.9 Å². The summed E-state index contributed by atoms with van der Waals surface area (Å²) in [4.78, 5) is 26.6. The molecule has 0 aromatic heterocycles. The van der Waals surface area contributed by atoms with Gasteiger partial charge in [0.15, 0.2) is 12.2 Å². The Bertz CT molecular complexity index is 1300. The molecular weight excluding hydrogens is 536 g/mol. The molecule has 0 radical (unpaired) electrons. The molecule has 1 aliphatic rings. The van der Waals surface area contributed by atoms with Gasteiger partial charge in [0.05, 0.1) is 24.3 Å². The van der Waals surface area contributed by atoms with Gasteiger partial charge in [0.25, 0.3) is 0 Å². The average Bonchev–Trinajstić information content (AvgIpc) is 3.04. The number of rotatable bonds is 10. The molecule has 0 bridgehead atoms. The Balaban J connectivity index is 1.49. The minimum Gasteiger partial charge on any atom is -0.452 e. The molecular formula is C34H32O8. The molecule has 8 heteroatoms. The first-order valence-corrected chi connectivity index (χ1v) is 13.7. The molecule has 0 aliphatic heterocycles. The van der Waals surface area contributed by atoms with Crippen LogP contribution < -0.4 is 0 Å². The van der Waals surface area contributed by atoms with Crippen LogP contribution in [0.15, 0.2) is 121 Å². The second-order valence-electron chi connectivity index (χ2n) is 9.98. The number of carbonyl (C=O) groups is 2. The lowest BCUT2D eigenvalue weighted by Gasteiger charge is -2.46. The van der Waals surface area contributed by atoms with Crippen molar-refractivity contribution in [1.29, 1.82) is 0 Å². The van der Waals surface area contributed by atoms with E-state index >= 15 is 0 Å². The lowest BCUT2D eigenvalue weighted by Crippen LogP contribution is -2.66. The standard InChI is InChI=1S/C34H32O8/c35-27-28(36)30(40-22-24-15-7-2-8-16-24)32(42-34(38)26-19-11-4-12-20-26)31(41-33(37)25-17-9-3-10-18-25)29(27)39-21-23-13-5-1-6-14-23/h1-20,27-32,35-36H,21-22H2/t27-,28+,29-,30-,31+,32+/m0/s1. The van der Waals surface area contributed by atoms with E-state index < -0.39 is 48.6 Å². The minimum absolute atomic E-state index is 0.0452. The van der Waals surface area contributed by atoms with Crippen molar-refractivity contribution in [2.45, 2.75) is 49.8 Å². The van der Waals surface area contributed by atoms with Gasteiger partial charge in [0.1, 0.15) is 24.4 Å². The third-order valence-electron chi connectivity index (χ3n) is 7.07. The Labute approximate surface area is 244 Å². The average molecular weight is 569 g/mol. The van der Waals surface area contributed by atoms with Gasteiger partial charge in [0, 0.05) is 0 Å². The molecule has 0 spiro atoms. The van der Waals surface area contributed by atoms with Crippen LogP contribution in [0, 0.1) is 0 Å². The van der Waals surface area contributed by atoms with Crippen LogP contribution in [0.5, 0.6) is 0 Å². The molecule has 0 unspecified atom stereocenters. The highest BCUT2D eigenvalue weighted by Crippen LogP contribution is 2.33. The second kappa shape index (κ2) is 14.0. The van der Waals surface area contributed by atoms with Gasteiger partial charge in [0.2, 0.25) is 0 Å². The van der Waals surface area contributed by atoms with E-state index in [-0.39, 0.29) is 24.3 Å². The van der Waals surface area contributed by atoms with Crippen LogP contribution in [0.25, 0.3) is 0 Å². The van der Waals surface area contributed by atoms with Crippen molar-refractivity contribution in [2.75, 3.05) is 0 Å². The molecule has 4 aromatic rings. The van der Waals surface area contributed by atoms with Gasteiger partial charge < -0.3 is 29.2 Å². The smallest absolute Gasteiger partial charge is 0.338 e. The first-order valence-electron chi connectivity index (χ1n) is 13.7. The van der Waals surface area contributed by atoms with E-state index in [0.29, 0.717) is 0 Å². The van der Waals surface area contributed by atoms with Crippen LogP contribution in [0.2, 0.25) is 0 Å². The van der Waals surface area contributed by atoms with Crippen molar-refractivity contribution < 1.29 is 38.7 Å². The van der Waals surface area contributed by atoms with Crippen LogP contribution in [0.1, 0.15) is 31.8 Å². The summed E-state index contributed by atoms with van der Waals surface area (Å²) in [5, 5.41) is 22.6. The van der Waals surface area contributed by atoms with Crippen molar-refractivity contribution in [1.82, 2.24) is 0 Å². The Morgan fingerprint density at radius 2 is 0.786 bits per heavy atom. The maximum Gasteiger partial charge on any atom is 0.338 e. The SMILES string of the molecule is O=C(O[C@H]1[C@H](OC(=O)c2ccccc2)[C@@H](OCc2ccccc2)[C@@H](O)[C@@H](O)[C@@H]1OCc1ccccc1)c1ccccc1. The van der Waals surface area contributed by atoms with Crippen molar-refractivity contribution in [3.63, 3.8) is 0 Å². The summed E-state index contributed by atoms with van der Waals surface area (Å²) in [6.45, 7) is 0.0904. The number of ether oxygens (including phenoxy) is 4. The number of hydrogen-bond acceptors (Lipinski definition) is 8. The number of esters is 2. The highest BCUT2D eigenvalue weighted by atomic mass is 16.6. The van der Waals surface area contributed by atoms with Crippen LogP contribution in [0.3, 0.4) is 0 Å². The van der Waals surface area contributed by atoms with Crippen molar-refractivity contribution in [2.24, 2.45) is 0 Å². The summed E-state index contributed by atoms with van der Waals surface area (Å²) < 4.78 is 24.1.